The van der Waals surface area contributed by atoms with Gasteiger partial charge in [0.05, 0.1) is 17.1 Å². The molecule has 1 aliphatic carbocycles. The second kappa shape index (κ2) is 6.13. The van der Waals surface area contributed by atoms with Crippen molar-refractivity contribution in [2.75, 3.05) is 18.4 Å². The number of nitrogens with zero attached hydrogens (tertiary/aromatic N) is 4. The van der Waals surface area contributed by atoms with E-state index in [1.807, 2.05) is 12.1 Å². The third-order valence-electron chi connectivity index (χ3n) is 5.21. The molecule has 4 rings (SSSR count). The van der Waals surface area contributed by atoms with Gasteiger partial charge in [-0.2, -0.15) is 5.26 Å². The Morgan fingerprint density at radius 1 is 1.13 bits per heavy atom. The smallest absolute Gasteiger partial charge is 0.137 e. The Hall–Kier alpha value is -2.19. The van der Waals surface area contributed by atoms with E-state index in [2.05, 4.69) is 26.3 Å². The number of nitrogens with one attached hydrogen (secondary N) is 1. The molecule has 2 aromatic rings. The molecule has 5 nitrogen and oxygen atoms in total. The summed E-state index contributed by atoms with van der Waals surface area (Å²) in [6, 6.07) is 9.02. The van der Waals surface area contributed by atoms with Gasteiger partial charge >= 0.3 is 0 Å². The first-order valence-electron chi connectivity index (χ1n) is 8.49. The zero-order chi connectivity index (χ0) is 15.6. The summed E-state index contributed by atoms with van der Waals surface area (Å²) < 4.78 is 0. The molecular formula is C18H21N5. The van der Waals surface area contributed by atoms with E-state index >= 15 is 0 Å². The van der Waals surface area contributed by atoms with Crippen molar-refractivity contribution in [1.29, 1.82) is 5.26 Å². The molecule has 0 spiro atoms. The van der Waals surface area contributed by atoms with Gasteiger partial charge in [-0.05, 0) is 63.4 Å². The highest BCUT2D eigenvalue weighted by Crippen LogP contribution is 2.29. The maximum absolute atomic E-state index is 9.10. The molecule has 1 aromatic carbocycles. The normalized spacial score (nSPS) is 24.8. The monoisotopic (exact) mass is 307 g/mol. The molecule has 1 aliphatic heterocycles. The Morgan fingerprint density at radius 2 is 1.96 bits per heavy atom. The first-order chi connectivity index (χ1) is 11.3. The number of hydrogen-bond acceptors (Lipinski definition) is 5. The molecule has 118 valence electrons. The van der Waals surface area contributed by atoms with Crippen LogP contribution < -0.4 is 5.32 Å². The lowest BCUT2D eigenvalue weighted by Gasteiger charge is -2.42. The van der Waals surface area contributed by atoms with Crippen molar-refractivity contribution in [2.45, 2.75) is 44.2 Å². The second-order valence-electron chi connectivity index (χ2n) is 6.61. The zero-order valence-corrected chi connectivity index (χ0v) is 13.2. The Balaban J connectivity index is 1.48. The van der Waals surface area contributed by atoms with Crippen LogP contribution in [-0.2, 0) is 0 Å². The topological polar surface area (TPSA) is 64.8 Å². The predicted molar refractivity (Wildman–Crippen MR) is 90.1 cm³/mol. The number of nitriles is 1. The highest BCUT2D eigenvalue weighted by Gasteiger charge is 2.28. The molecule has 2 heterocycles. The van der Waals surface area contributed by atoms with Crippen LogP contribution in [0.2, 0.25) is 0 Å². The van der Waals surface area contributed by atoms with Gasteiger partial charge in [0.1, 0.15) is 12.1 Å². The van der Waals surface area contributed by atoms with E-state index in [4.69, 9.17) is 5.26 Å². The van der Waals surface area contributed by atoms with E-state index in [1.54, 1.807) is 12.4 Å². The highest BCUT2D eigenvalue weighted by atomic mass is 15.2. The summed E-state index contributed by atoms with van der Waals surface area (Å²) in [5.74, 6) is 0.861. The van der Waals surface area contributed by atoms with E-state index in [-0.39, 0.29) is 0 Å². The van der Waals surface area contributed by atoms with Crippen LogP contribution >= 0.6 is 0 Å². The summed E-state index contributed by atoms with van der Waals surface area (Å²) in [5.41, 5.74) is 1.53. The van der Waals surface area contributed by atoms with Crippen molar-refractivity contribution in [3.05, 3.63) is 30.1 Å². The summed E-state index contributed by atoms with van der Waals surface area (Å²) in [6.07, 6.45) is 7.87. The van der Waals surface area contributed by atoms with E-state index < -0.39 is 0 Å². The van der Waals surface area contributed by atoms with E-state index in [0.717, 1.165) is 22.8 Å². The van der Waals surface area contributed by atoms with Gasteiger partial charge in [-0.25, -0.2) is 9.97 Å². The van der Waals surface area contributed by atoms with Gasteiger partial charge in [0.2, 0.25) is 0 Å². The van der Waals surface area contributed by atoms with Gasteiger partial charge in [-0.1, -0.05) is 0 Å². The number of fused-ring (bicyclic) bond motifs is 1. The fourth-order valence-corrected chi connectivity index (χ4v) is 3.73. The quantitative estimate of drug-likeness (QED) is 0.944. The molecule has 1 aromatic heterocycles. The van der Waals surface area contributed by atoms with Crippen LogP contribution in [0, 0.1) is 11.3 Å². The van der Waals surface area contributed by atoms with Crippen molar-refractivity contribution in [3.63, 3.8) is 0 Å². The molecule has 1 saturated carbocycles. The number of aromatic nitrogens is 2. The minimum absolute atomic E-state index is 0.469. The van der Waals surface area contributed by atoms with Crippen molar-refractivity contribution < 1.29 is 0 Å². The average molecular weight is 307 g/mol. The molecule has 0 atom stereocenters. The largest absolute Gasteiger partial charge is 0.367 e. The molecule has 5 heteroatoms. The van der Waals surface area contributed by atoms with Crippen molar-refractivity contribution in [3.8, 4) is 6.07 Å². The predicted octanol–water partition coefficient (Wildman–Crippen LogP) is 2.93. The van der Waals surface area contributed by atoms with Crippen LogP contribution in [0.15, 0.2) is 24.5 Å². The summed E-state index contributed by atoms with van der Waals surface area (Å²) in [7, 11) is 0. The van der Waals surface area contributed by atoms with Gasteiger partial charge in [-0.15, -0.1) is 0 Å². The lowest BCUT2D eigenvalue weighted by atomic mass is 9.88. The van der Waals surface area contributed by atoms with E-state index in [0.29, 0.717) is 11.6 Å². The van der Waals surface area contributed by atoms with Crippen LogP contribution in [-0.4, -0.2) is 40.0 Å². The number of anilines is 1. The van der Waals surface area contributed by atoms with Crippen molar-refractivity contribution in [1.82, 2.24) is 14.9 Å². The van der Waals surface area contributed by atoms with Gasteiger partial charge < -0.3 is 10.2 Å². The number of benzene rings is 1. The Labute approximate surface area is 136 Å². The lowest BCUT2D eigenvalue weighted by molar-refractivity contribution is 0.0889. The van der Waals surface area contributed by atoms with Gasteiger partial charge in [-0.3, -0.25) is 0 Å². The highest BCUT2D eigenvalue weighted by molar-refractivity contribution is 5.89. The van der Waals surface area contributed by atoms with Crippen molar-refractivity contribution >= 4 is 16.7 Å². The number of rotatable bonds is 3. The van der Waals surface area contributed by atoms with E-state index in [9.17, 15) is 0 Å². The summed E-state index contributed by atoms with van der Waals surface area (Å²) in [5, 5.41) is 13.6. The third kappa shape index (κ3) is 2.87. The van der Waals surface area contributed by atoms with Crippen LogP contribution in [0.3, 0.4) is 0 Å². The first-order valence-corrected chi connectivity index (χ1v) is 8.49. The van der Waals surface area contributed by atoms with Gasteiger partial charge in [0, 0.05) is 17.5 Å². The van der Waals surface area contributed by atoms with Crippen LogP contribution in [0.25, 0.3) is 10.9 Å². The van der Waals surface area contributed by atoms with Crippen LogP contribution in [0.5, 0.6) is 0 Å². The van der Waals surface area contributed by atoms with Crippen LogP contribution in [0.1, 0.15) is 37.7 Å². The van der Waals surface area contributed by atoms with Gasteiger partial charge in [0.25, 0.3) is 0 Å². The fourth-order valence-electron chi connectivity index (χ4n) is 3.73. The molecule has 2 aliphatic rings. The molecular weight excluding hydrogens is 286 g/mol. The molecule has 2 fully saturated rings. The minimum atomic E-state index is 0.469. The minimum Gasteiger partial charge on any atom is -0.367 e. The maximum atomic E-state index is 9.10. The molecule has 1 N–H and O–H groups in total. The molecule has 0 amide bonds. The van der Waals surface area contributed by atoms with Crippen LogP contribution in [0.4, 0.5) is 5.82 Å². The molecule has 23 heavy (non-hydrogen) atoms. The summed E-state index contributed by atoms with van der Waals surface area (Å²) in [6.45, 7) is 2.58. The average Bonchev–Trinajstić information content (AvgIpc) is 2.55. The molecule has 0 radical (unpaired) electrons. The Bertz CT molecular complexity index is 739. The van der Waals surface area contributed by atoms with Gasteiger partial charge in [0.15, 0.2) is 0 Å². The standard InChI is InChI=1S/C18H21N5/c19-11-13-2-7-17-16(10-13)18(21-12-20-17)22-14-3-5-15(6-4-14)23-8-1-9-23/h2,7,10,12,14-15H,1,3-6,8-9H2,(H,20,21,22)/t14-,15-. The van der Waals surface area contributed by atoms with Crippen molar-refractivity contribution in [2.24, 2.45) is 0 Å². The Morgan fingerprint density at radius 3 is 2.65 bits per heavy atom. The second-order valence-corrected chi connectivity index (χ2v) is 6.61. The summed E-state index contributed by atoms with van der Waals surface area (Å²) in [4.78, 5) is 11.3. The number of likely N-dealkylation sites (tertiary alicyclic amines) is 1. The number of hydrogen-bond donors (Lipinski definition) is 1. The lowest BCUT2D eigenvalue weighted by Crippen LogP contribution is -2.47. The third-order valence-corrected chi connectivity index (χ3v) is 5.21. The summed E-state index contributed by atoms with van der Waals surface area (Å²) >= 11 is 0. The molecule has 0 unspecified atom stereocenters. The molecule has 1 saturated heterocycles. The SMILES string of the molecule is N#Cc1ccc2ncnc(N[C@H]3CC[C@H](N4CCC4)CC3)c2c1. The zero-order valence-electron chi connectivity index (χ0n) is 13.2. The van der Waals surface area contributed by atoms with E-state index in [1.165, 1.54) is 45.2 Å². The Kier molecular flexibility index (Phi) is 3.84. The molecule has 0 bridgehead atoms. The maximum Gasteiger partial charge on any atom is 0.137 e. The fraction of sp³-hybridized carbons (Fsp3) is 0.500. The first kappa shape index (κ1) is 14.4.